The molecule has 1 aliphatic carbocycles. The maximum Gasteiger partial charge on any atom is 0.0184 e. The van der Waals surface area contributed by atoms with E-state index in [1.54, 1.807) is 0 Å². The van der Waals surface area contributed by atoms with Gasteiger partial charge in [-0.3, -0.25) is 0 Å². The summed E-state index contributed by atoms with van der Waals surface area (Å²) in [5.41, 5.74) is 2.93. The zero-order valence-electron chi connectivity index (χ0n) is 9.62. The Morgan fingerprint density at radius 3 is 2.44 bits per heavy atom. The van der Waals surface area contributed by atoms with Crippen LogP contribution in [0.4, 0.5) is 0 Å². The Morgan fingerprint density at radius 1 is 1.12 bits per heavy atom. The summed E-state index contributed by atoms with van der Waals surface area (Å²) in [6.07, 6.45) is 7.50. The molecule has 0 heterocycles. The standard InChI is InChI=1S/C15H17Cl/c1-2-15(12-6-4-3-5-7-12)13-8-10-14(16)11-9-13/h3-8,10,15H,2,9,11H2,1H3. The predicted molar refractivity (Wildman–Crippen MR) is 70.7 cm³/mol. The summed E-state index contributed by atoms with van der Waals surface area (Å²) in [6, 6.07) is 10.7. The molecule has 16 heavy (non-hydrogen) atoms. The molecule has 0 fully saturated rings. The van der Waals surface area contributed by atoms with Crippen LogP contribution in [0.5, 0.6) is 0 Å². The highest BCUT2D eigenvalue weighted by atomic mass is 35.5. The number of rotatable bonds is 3. The zero-order valence-corrected chi connectivity index (χ0v) is 10.4. The van der Waals surface area contributed by atoms with Crippen LogP contribution in [0.3, 0.4) is 0 Å². The predicted octanol–water partition coefficient (Wildman–Crippen LogP) is 5.02. The molecule has 1 unspecified atom stereocenters. The van der Waals surface area contributed by atoms with Gasteiger partial charge in [0.1, 0.15) is 0 Å². The number of benzene rings is 1. The van der Waals surface area contributed by atoms with Crippen molar-refractivity contribution in [3.63, 3.8) is 0 Å². The van der Waals surface area contributed by atoms with Crippen LogP contribution in [0.25, 0.3) is 0 Å². The van der Waals surface area contributed by atoms with Crippen LogP contribution in [-0.4, -0.2) is 0 Å². The smallest absolute Gasteiger partial charge is 0.0184 e. The molecule has 0 spiro atoms. The minimum atomic E-state index is 0.558. The monoisotopic (exact) mass is 232 g/mol. The van der Waals surface area contributed by atoms with Crippen molar-refractivity contribution in [2.75, 3.05) is 0 Å². The third-order valence-electron chi connectivity index (χ3n) is 3.19. The molecule has 0 saturated carbocycles. The second kappa shape index (κ2) is 5.36. The van der Waals surface area contributed by atoms with Gasteiger partial charge < -0.3 is 0 Å². The Hall–Kier alpha value is -1.01. The van der Waals surface area contributed by atoms with Gasteiger partial charge in [-0.1, -0.05) is 60.5 Å². The molecule has 1 aromatic carbocycles. The fourth-order valence-electron chi connectivity index (χ4n) is 2.32. The lowest BCUT2D eigenvalue weighted by atomic mass is 9.85. The number of halogens is 1. The molecule has 0 aromatic heterocycles. The van der Waals surface area contributed by atoms with Crippen LogP contribution in [0.2, 0.25) is 0 Å². The fraction of sp³-hybridized carbons (Fsp3) is 0.333. The molecule has 0 N–H and O–H groups in total. The van der Waals surface area contributed by atoms with Gasteiger partial charge in [-0.2, -0.15) is 0 Å². The fourth-order valence-corrected chi connectivity index (χ4v) is 2.47. The third kappa shape index (κ3) is 2.56. The maximum absolute atomic E-state index is 5.99. The molecule has 0 aliphatic heterocycles. The average molecular weight is 233 g/mol. The normalized spacial score (nSPS) is 17.6. The summed E-state index contributed by atoms with van der Waals surface area (Å²) in [5.74, 6) is 0.558. The van der Waals surface area contributed by atoms with Crippen molar-refractivity contribution in [1.29, 1.82) is 0 Å². The summed E-state index contributed by atoms with van der Waals surface area (Å²) >= 11 is 5.99. The highest BCUT2D eigenvalue weighted by Gasteiger charge is 2.16. The molecule has 1 heteroatoms. The van der Waals surface area contributed by atoms with Crippen LogP contribution in [-0.2, 0) is 0 Å². The highest BCUT2D eigenvalue weighted by molar-refractivity contribution is 6.29. The van der Waals surface area contributed by atoms with Gasteiger partial charge in [-0.05, 0) is 30.9 Å². The number of hydrogen-bond acceptors (Lipinski definition) is 0. The number of allylic oxidation sites excluding steroid dienone is 4. The average Bonchev–Trinajstić information content (AvgIpc) is 2.34. The van der Waals surface area contributed by atoms with E-state index >= 15 is 0 Å². The van der Waals surface area contributed by atoms with E-state index in [9.17, 15) is 0 Å². The molecule has 0 radical (unpaired) electrons. The summed E-state index contributed by atoms with van der Waals surface area (Å²) in [7, 11) is 0. The first-order chi connectivity index (χ1) is 7.81. The van der Waals surface area contributed by atoms with Gasteiger partial charge in [0.15, 0.2) is 0 Å². The van der Waals surface area contributed by atoms with Gasteiger partial charge in [0.25, 0.3) is 0 Å². The molecule has 2 rings (SSSR count). The van der Waals surface area contributed by atoms with Gasteiger partial charge in [-0.15, -0.1) is 0 Å². The van der Waals surface area contributed by atoms with E-state index in [-0.39, 0.29) is 0 Å². The van der Waals surface area contributed by atoms with Gasteiger partial charge in [-0.25, -0.2) is 0 Å². The second-order valence-corrected chi connectivity index (χ2v) is 4.71. The van der Waals surface area contributed by atoms with Crippen LogP contribution in [0.1, 0.15) is 37.7 Å². The molecule has 1 aliphatic rings. The maximum atomic E-state index is 5.99. The molecule has 84 valence electrons. The molecule has 0 nitrogen and oxygen atoms in total. The van der Waals surface area contributed by atoms with E-state index in [1.165, 1.54) is 11.1 Å². The Kier molecular flexibility index (Phi) is 3.84. The van der Waals surface area contributed by atoms with Crippen molar-refractivity contribution in [1.82, 2.24) is 0 Å². The van der Waals surface area contributed by atoms with E-state index in [0.717, 1.165) is 24.3 Å². The lowest BCUT2D eigenvalue weighted by Crippen LogP contribution is -2.03. The van der Waals surface area contributed by atoms with Gasteiger partial charge in [0, 0.05) is 11.0 Å². The van der Waals surface area contributed by atoms with Gasteiger partial charge >= 0.3 is 0 Å². The molecule has 0 amide bonds. The molecule has 0 saturated heterocycles. The Balaban J connectivity index is 2.24. The summed E-state index contributed by atoms with van der Waals surface area (Å²) < 4.78 is 0. The summed E-state index contributed by atoms with van der Waals surface area (Å²) in [5, 5.41) is 0.978. The van der Waals surface area contributed by atoms with Crippen molar-refractivity contribution < 1.29 is 0 Å². The van der Waals surface area contributed by atoms with Crippen LogP contribution >= 0.6 is 11.6 Å². The second-order valence-electron chi connectivity index (χ2n) is 4.23. The van der Waals surface area contributed by atoms with Crippen LogP contribution < -0.4 is 0 Å². The van der Waals surface area contributed by atoms with Crippen LogP contribution in [0, 0.1) is 0 Å². The topological polar surface area (TPSA) is 0 Å². The number of hydrogen-bond donors (Lipinski definition) is 0. The van der Waals surface area contributed by atoms with E-state index < -0.39 is 0 Å². The minimum Gasteiger partial charge on any atom is -0.0891 e. The first kappa shape index (κ1) is 11.5. The third-order valence-corrected chi connectivity index (χ3v) is 3.50. The molecule has 1 aromatic rings. The molecular weight excluding hydrogens is 216 g/mol. The van der Waals surface area contributed by atoms with Crippen molar-refractivity contribution in [2.24, 2.45) is 0 Å². The zero-order chi connectivity index (χ0) is 11.4. The summed E-state index contributed by atoms with van der Waals surface area (Å²) in [6.45, 7) is 2.25. The molecular formula is C15H17Cl. The summed E-state index contributed by atoms with van der Waals surface area (Å²) in [4.78, 5) is 0. The lowest BCUT2D eigenvalue weighted by molar-refractivity contribution is 0.709. The van der Waals surface area contributed by atoms with E-state index in [0.29, 0.717) is 5.92 Å². The SMILES string of the molecule is CCC(C1=CC=C(Cl)CC1)c1ccccc1. The van der Waals surface area contributed by atoms with Crippen molar-refractivity contribution in [3.8, 4) is 0 Å². The first-order valence-corrected chi connectivity index (χ1v) is 6.29. The van der Waals surface area contributed by atoms with E-state index in [2.05, 4.69) is 43.3 Å². The molecule has 1 atom stereocenters. The van der Waals surface area contributed by atoms with Gasteiger partial charge in [0.05, 0.1) is 0 Å². The Bertz CT molecular complexity index is 401. The minimum absolute atomic E-state index is 0.558. The Labute approximate surface area is 103 Å². The lowest BCUT2D eigenvalue weighted by Gasteiger charge is -2.21. The van der Waals surface area contributed by atoms with Crippen LogP contribution in [0.15, 0.2) is 53.1 Å². The largest absolute Gasteiger partial charge is 0.0891 e. The van der Waals surface area contributed by atoms with Crippen molar-refractivity contribution in [3.05, 3.63) is 58.7 Å². The quantitative estimate of drug-likeness (QED) is 0.686. The van der Waals surface area contributed by atoms with E-state index in [1.807, 2.05) is 6.08 Å². The van der Waals surface area contributed by atoms with Crippen molar-refractivity contribution in [2.45, 2.75) is 32.1 Å². The van der Waals surface area contributed by atoms with E-state index in [4.69, 9.17) is 11.6 Å². The highest BCUT2D eigenvalue weighted by Crippen LogP contribution is 2.34. The molecule has 0 bridgehead atoms. The van der Waals surface area contributed by atoms with Crippen molar-refractivity contribution >= 4 is 11.6 Å². The van der Waals surface area contributed by atoms with Gasteiger partial charge in [0.2, 0.25) is 0 Å². The Morgan fingerprint density at radius 2 is 1.88 bits per heavy atom. The first-order valence-electron chi connectivity index (χ1n) is 5.91.